The zero-order valence-corrected chi connectivity index (χ0v) is 13.2. The Hall–Kier alpha value is -2.07. The summed E-state index contributed by atoms with van der Waals surface area (Å²) in [6.07, 6.45) is 2.98. The highest BCUT2D eigenvalue weighted by Gasteiger charge is 2.24. The smallest absolute Gasteiger partial charge is 0.303 e. The van der Waals surface area contributed by atoms with Gasteiger partial charge in [0.05, 0.1) is 12.1 Å². The second-order valence-electron chi connectivity index (χ2n) is 5.85. The first-order valence-electron chi connectivity index (χ1n) is 7.55. The van der Waals surface area contributed by atoms with Gasteiger partial charge >= 0.3 is 5.97 Å². The Morgan fingerprint density at radius 1 is 1.32 bits per heavy atom. The molecular weight excluding hydrogens is 294 g/mol. The Kier molecular flexibility index (Phi) is 3.08. The summed E-state index contributed by atoms with van der Waals surface area (Å²) in [5.41, 5.74) is 5.34. The lowest BCUT2D eigenvalue weighted by Crippen LogP contribution is -2.02. The zero-order valence-electron chi connectivity index (χ0n) is 12.4. The van der Waals surface area contributed by atoms with Crippen LogP contribution >= 0.6 is 11.3 Å². The van der Waals surface area contributed by atoms with Crippen molar-refractivity contribution in [2.24, 2.45) is 7.05 Å². The van der Waals surface area contributed by atoms with Crippen molar-refractivity contribution in [1.29, 1.82) is 0 Å². The summed E-state index contributed by atoms with van der Waals surface area (Å²) in [6.45, 7) is 0. The van der Waals surface area contributed by atoms with E-state index in [0.717, 1.165) is 12.8 Å². The third-order valence-corrected chi connectivity index (χ3v) is 5.77. The van der Waals surface area contributed by atoms with Crippen molar-refractivity contribution in [1.82, 2.24) is 4.57 Å². The Balaban J connectivity index is 1.85. The first-order valence-corrected chi connectivity index (χ1v) is 8.37. The van der Waals surface area contributed by atoms with Gasteiger partial charge in [-0.2, -0.15) is 0 Å². The Morgan fingerprint density at radius 2 is 2.14 bits per heavy atom. The number of benzene rings is 1. The van der Waals surface area contributed by atoms with Crippen LogP contribution < -0.4 is 0 Å². The average Bonchev–Trinajstić information content (AvgIpc) is 3.05. The maximum Gasteiger partial charge on any atom is 0.303 e. The molecule has 3 aromatic rings. The van der Waals surface area contributed by atoms with Gasteiger partial charge in [0.25, 0.3) is 0 Å². The molecule has 0 aliphatic heterocycles. The van der Waals surface area contributed by atoms with Crippen LogP contribution in [0, 0.1) is 0 Å². The van der Waals surface area contributed by atoms with E-state index >= 15 is 0 Å². The van der Waals surface area contributed by atoms with E-state index in [1.165, 1.54) is 37.5 Å². The number of hydrogen-bond acceptors (Lipinski definition) is 2. The summed E-state index contributed by atoms with van der Waals surface area (Å²) in [7, 11) is 2.13. The van der Waals surface area contributed by atoms with E-state index in [0.29, 0.717) is 6.42 Å². The van der Waals surface area contributed by atoms with Crippen molar-refractivity contribution in [3.8, 4) is 11.3 Å². The van der Waals surface area contributed by atoms with Crippen molar-refractivity contribution < 1.29 is 9.90 Å². The molecule has 1 aromatic carbocycles. The number of hydrogen-bond donors (Lipinski definition) is 1. The molecule has 0 saturated carbocycles. The highest BCUT2D eigenvalue weighted by atomic mass is 32.1. The van der Waals surface area contributed by atoms with Gasteiger partial charge < -0.3 is 9.67 Å². The predicted octanol–water partition coefficient (Wildman–Crippen LogP) is 4.02. The van der Waals surface area contributed by atoms with Crippen LogP contribution in [-0.4, -0.2) is 15.6 Å². The van der Waals surface area contributed by atoms with Gasteiger partial charge in [0.2, 0.25) is 0 Å². The van der Waals surface area contributed by atoms with Crippen molar-refractivity contribution in [2.45, 2.75) is 25.7 Å². The molecule has 4 rings (SSSR count). The molecule has 2 aromatic heterocycles. The van der Waals surface area contributed by atoms with E-state index in [4.69, 9.17) is 5.11 Å². The molecular formula is C18H17NO2S. The number of aryl methyl sites for hydroxylation is 4. The van der Waals surface area contributed by atoms with Crippen LogP contribution in [0.4, 0.5) is 0 Å². The minimum atomic E-state index is -0.725. The molecule has 0 unspecified atom stereocenters. The highest BCUT2D eigenvalue weighted by Crippen LogP contribution is 2.43. The Morgan fingerprint density at radius 3 is 2.95 bits per heavy atom. The lowest BCUT2D eigenvalue weighted by Gasteiger charge is -2.14. The zero-order chi connectivity index (χ0) is 15.3. The summed E-state index contributed by atoms with van der Waals surface area (Å²) in [5.74, 6) is -0.725. The quantitative estimate of drug-likeness (QED) is 0.793. The number of nitrogens with zero attached hydrogens (tertiary/aromatic N) is 1. The van der Waals surface area contributed by atoms with Gasteiger partial charge in [-0.15, -0.1) is 11.3 Å². The largest absolute Gasteiger partial charge is 0.481 e. The molecule has 1 aliphatic carbocycles. The molecule has 0 amide bonds. The number of aromatic nitrogens is 1. The van der Waals surface area contributed by atoms with Crippen LogP contribution in [0.25, 0.3) is 22.2 Å². The fourth-order valence-electron chi connectivity index (χ4n) is 3.53. The molecule has 2 heterocycles. The molecule has 0 saturated heterocycles. The maximum absolute atomic E-state index is 10.8. The molecule has 0 radical (unpaired) electrons. The van der Waals surface area contributed by atoms with Gasteiger partial charge in [-0.1, -0.05) is 18.2 Å². The Bertz CT molecular complexity index is 888. The fourth-order valence-corrected chi connectivity index (χ4v) is 4.70. The van der Waals surface area contributed by atoms with Crippen LogP contribution in [0.2, 0.25) is 0 Å². The number of carboxylic acids is 1. The lowest BCUT2D eigenvalue weighted by atomic mass is 9.94. The molecule has 0 spiro atoms. The van der Waals surface area contributed by atoms with E-state index in [2.05, 4.69) is 41.9 Å². The van der Waals surface area contributed by atoms with Crippen LogP contribution in [0.5, 0.6) is 0 Å². The summed E-state index contributed by atoms with van der Waals surface area (Å²) in [4.78, 5) is 13.4. The topological polar surface area (TPSA) is 42.2 Å². The van der Waals surface area contributed by atoms with E-state index in [1.54, 1.807) is 11.3 Å². The number of carbonyl (C=O) groups is 1. The number of para-hydroxylation sites is 1. The lowest BCUT2D eigenvalue weighted by molar-refractivity contribution is -0.136. The summed E-state index contributed by atoms with van der Waals surface area (Å²) in [5, 5.41) is 10.2. The van der Waals surface area contributed by atoms with Gasteiger partial charge in [0, 0.05) is 33.3 Å². The van der Waals surface area contributed by atoms with Gasteiger partial charge in [0.1, 0.15) is 0 Å². The molecule has 4 heteroatoms. The maximum atomic E-state index is 10.8. The number of carboxylic acid groups (broad SMARTS) is 1. The Labute approximate surface area is 132 Å². The van der Waals surface area contributed by atoms with E-state index in [9.17, 15) is 4.79 Å². The van der Waals surface area contributed by atoms with E-state index in [1.807, 2.05) is 0 Å². The number of thiophene rings is 1. The van der Waals surface area contributed by atoms with Gasteiger partial charge in [-0.25, -0.2) is 0 Å². The molecule has 0 bridgehead atoms. The SMILES string of the molecule is Cn1c2c(c3ccccc31)CCc1sc(CCC(=O)O)cc1-2. The average molecular weight is 311 g/mol. The summed E-state index contributed by atoms with van der Waals surface area (Å²) in [6, 6.07) is 10.8. The predicted molar refractivity (Wildman–Crippen MR) is 89.6 cm³/mol. The first-order chi connectivity index (χ1) is 10.6. The minimum absolute atomic E-state index is 0.210. The highest BCUT2D eigenvalue weighted by molar-refractivity contribution is 7.12. The van der Waals surface area contributed by atoms with Crippen molar-refractivity contribution in [2.75, 3.05) is 0 Å². The molecule has 112 valence electrons. The molecule has 3 nitrogen and oxygen atoms in total. The van der Waals surface area contributed by atoms with Crippen molar-refractivity contribution in [3.05, 3.63) is 45.6 Å². The second-order valence-corrected chi connectivity index (χ2v) is 7.07. The first kappa shape index (κ1) is 13.6. The van der Waals surface area contributed by atoms with E-state index < -0.39 is 5.97 Å². The van der Waals surface area contributed by atoms with E-state index in [-0.39, 0.29) is 6.42 Å². The van der Waals surface area contributed by atoms with Gasteiger partial charge in [-0.05, 0) is 37.0 Å². The standard InChI is InChI=1S/C18H17NO2S/c1-19-15-5-3-2-4-12(15)13-7-8-16-14(18(13)19)10-11(22-16)6-9-17(20)21/h2-5,10H,6-9H2,1H3,(H,20,21). The second kappa shape index (κ2) is 4.99. The van der Waals surface area contributed by atoms with Crippen LogP contribution in [0.15, 0.2) is 30.3 Å². The normalized spacial score (nSPS) is 13.1. The number of rotatable bonds is 3. The molecule has 1 N–H and O–H groups in total. The molecule has 0 fully saturated rings. The monoisotopic (exact) mass is 311 g/mol. The van der Waals surface area contributed by atoms with Gasteiger partial charge in [0.15, 0.2) is 0 Å². The molecule has 22 heavy (non-hydrogen) atoms. The van der Waals surface area contributed by atoms with Crippen LogP contribution in [-0.2, 0) is 31.1 Å². The van der Waals surface area contributed by atoms with Gasteiger partial charge in [-0.3, -0.25) is 4.79 Å². The number of aliphatic carboxylic acids is 1. The third kappa shape index (κ3) is 1.98. The van der Waals surface area contributed by atoms with Crippen molar-refractivity contribution in [3.63, 3.8) is 0 Å². The molecule has 1 aliphatic rings. The van der Waals surface area contributed by atoms with Crippen molar-refractivity contribution >= 4 is 28.2 Å². The third-order valence-electron chi connectivity index (χ3n) is 4.51. The fraction of sp³-hybridized carbons (Fsp3) is 0.278. The van der Waals surface area contributed by atoms with Crippen LogP contribution in [0.1, 0.15) is 21.7 Å². The summed E-state index contributed by atoms with van der Waals surface area (Å²) < 4.78 is 2.29. The molecule has 0 atom stereocenters. The minimum Gasteiger partial charge on any atom is -0.481 e. The van der Waals surface area contributed by atoms with Crippen LogP contribution in [0.3, 0.4) is 0 Å². The summed E-state index contributed by atoms with van der Waals surface area (Å²) >= 11 is 1.78. The number of fused-ring (bicyclic) bond motifs is 5.